The molecular formula is C22H28ClFN2O2. The molecule has 2 aromatic carbocycles. The summed E-state index contributed by atoms with van der Waals surface area (Å²) in [6.07, 6.45) is 2.46. The molecule has 6 heteroatoms. The number of halogens is 2. The lowest BCUT2D eigenvalue weighted by atomic mass is 9.98. The molecule has 0 unspecified atom stereocenters. The molecule has 4 nitrogen and oxygen atoms in total. The molecule has 0 amide bonds. The lowest BCUT2D eigenvalue weighted by molar-refractivity contribution is 0.269. The van der Waals surface area contributed by atoms with Crippen molar-refractivity contribution in [2.75, 3.05) is 26.2 Å². The molecule has 1 heterocycles. The van der Waals surface area contributed by atoms with Crippen LogP contribution in [0.4, 0.5) is 4.39 Å². The monoisotopic (exact) mass is 406 g/mol. The Morgan fingerprint density at radius 1 is 1.11 bits per heavy atom. The molecule has 1 aliphatic rings. The molecule has 0 saturated carbocycles. The van der Waals surface area contributed by atoms with E-state index >= 15 is 0 Å². The quantitative estimate of drug-likeness (QED) is 0.641. The number of rotatable bonds is 9. The zero-order chi connectivity index (χ0) is 19.8. The molecule has 0 spiro atoms. The van der Waals surface area contributed by atoms with Crippen molar-refractivity contribution in [2.45, 2.75) is 32.9 Å². The maximum Gasteiger partial charge on any atom is 0.161 e. The van der Waals surface area contributed by atoms with Crippen LogP contribution in [0.15, 0.2) is 36.4 Å². The molecule has 1 saturated heterocycles. The van der Waals surface area contributed by atoms with Gasteiger partial charge in [0.05, 0.1) is 11.6 Å². The molecule has 3 rings (SSSR count). The van der Waals surface area contributed by atoms with Gasteiger partial charge in [-0.1, -0.05) is 23.7 Å². The van der Waals surface area contributed by atoms with Gasteiger partial charge in [0.15, 0.2) is 11.5 Å². The van der Waals surface area contributed by atoms with Crippen LogP contribution in [0.25, 0.3) is 0 Å². The minimum absolute atomic E-state index is 0.256. The van der Waals surface area contributed by atoms with E-state index < -0.39 is 0 Å². The third-order valence-electron chi connectivity index (χ3n) is 4.93. The van der Waals surface area contributed by atoms with Crippen LogP contribution in [0.5, 0.6) is 11.5 Å². The van der Waals surface area contributed by atoms with E-state index in [0.717, 1.165) is 43.2 Å². The van der Waals surface area contributed by atoms with Gasteiger partial charge in [0.2, 0.25) is 0 Å². The van der Waals surface area contributed by atoms with Gasteiger partial charge in [-0.15, -0.1) is 0 Å². The predicted molar refractivity (Wildman–Crippen MR) is 111 cm³/mol. The van der Waals surface area contributed by atoms with E-state index in [-0.39, 0.29) is 12.4 Å². The topological polar surface area (TPSA) is 42.5 Å². The highest BCUT2D eigenvalue weighted by Gasteiger charge is 2.13. The van der Waals surface area contributed by atoms with Crippen LogP contribution in [-0.2, 0) is 13.2 Å². The lowest BCUT2D eigenvalue weighted by Crippen LogP contribution is -2.33. The van der Waals surface area contributed by atoms with Crippen LogP contribution in [0, 0.1) is 11.7 Å². The van der Waals surface area contributed by atoms with Crippen LogP contribution in [0.1, 0.15) is 30.9 Å². The summed E-state index contributed by atoms with van der Waals surface area (Å²) in [6, 6.07) is 10.3. The first-order chi connectivity index (χ1) is 13.7. The Labute approximate surface area is 171 Å². The van der Waals surface area contributed by atoms with Gasteiger partial charge in [-0.05, 0) is 75.1 Å². The van der Waals surface area contributed by atoms with Crippen molar-refractivity contribution < 1.29 is 13.9 Å². The van der Waals surface area contributed by atoms with Gasteiger partial charge in [0, 0.05) is 12.1 Å². The molecule has 152 valence electrons. The summed E-state index contributed by atoms with van der Waals surface area (Å²) in [7, 11) is 0. The van der Waals surface area contributed by atoms with E-state index in [0.29, 0.717) is 23.1 Å². The first-order valence-corrected chi connectivity index (χ1v) is 10.3. The Morgan fingerprint density at radius 2 is 1.93 bits per heavy atom. The zero-order valence-electron chi connectivity index (χ0n) is 16.3. The molecule has 28 heavy (non-hydrogen) atoms. The number of benzene rings is 2. The van der Waals surface area contributed by atoms with Gasteiger partial charge >= 0.3 is 0 Å². The van der Waals surface area contributed by atoms with E-state index in [1.807, 2.05) is 25.1 Å². The summed E-state index contributed by atoms with van der Waals surface area (Å²) in [6.45, 7) is 6.83. The summed E-state index contributed by atoms with van der Waals surface area (Å²) in [5.41, 5.74) is 1.89. The second-order valence-corrected chi connectivity index (χ2v) is 7.47. The average molecular weight is 407 g/mol. The van der Waals surface area contributed by atoms with Crippen molar-refractivity contribution >= 4 is 11.6 Å². The smallest absolute Gasteiger partial charge is 0.161 e. The Hall–Kier alpha value is -1.82. The number of hydrogen-bond acceptors (Lipinski definition) is 4. The van der Waals surface area contributed by atoms with Gasteiger partial charge in [0.25, 0.3) is 0 Å². The van der Waals surface area contributed by atoms with Gasteiger partial charge < -0.3 is 20.1 Å². The lowest BCUT2D eigenvalue weighted by Gasteiger charge is -2.23. The van der Waals surface area contributed by atoms with Crippen LogP contribution in [0.3, 0.4) is 0 Å². The second-order valence-electron chi connectivity index (χ2n) is 7.06. The first-order valence-electron chi connectivity index (χ1n) is 9.89. The molecule has 0 radical (unpaired) electrons. The van der Waals surface area contributed by atoms with Crippen LogP contribution in [0.2, 0.25) is 5.02 Å². The largest absolute Gasteiger partial charge is 0.490 e. The van der Waals surface area contributed by atoms with Crippen LogP contribution in [-0.4, -0.2) is 26.2 Å². The Morgan fingerprint density at radius 3 is 2.68 bits per heavy atom. The molecule has 0 bridgehead atoms. The molecule has 0 aliphatic carbocycles. The fourth-order valence-corrected chi connectivity index (χ4v) is 3.57. The van der Waals surface area contributed by atoms with Crippen LogP contribution < -0.4 is 20.1 Å². The van der Waals surface area contributed by atoms with Crippen molar-refractivity contribution in [3.05, 3.63) is 58.4 Å². The number of ether oxygens (including phenoxy) is 2. The Bertz CT molecular complexity index is 766. The Balaban J connectivity index is 1.58. The standard InChI is InChI=1S/C22H28ClFN2O2/c1-2-27-22-11-17(14-26-13-16-7-9-25-10-8-16)3-6-21(22)28-15-18-4-5-19(24)12-20(18)23/h3-6,11-12,16,25-26H,2,7-10,13-15H2,1H3. The van der Waals surface area contributed by atoms with E-state index in [4.69, 9.17) is 21.1 Å². The normalized spacial score (nSPS) is 14.8. The highest BCUT2D eigenvalue weighted by Crippen LogP contribution is 2.30. The highest BCUT2D eigenvalue weighted by atomic mass is 35.5. The fourth-order valence-electron chi connectivity index (χ4n) is 3.35. The maximum absolute atomic E-state index is 13.2. The molecule has 1 aliphatic heterocycles. The fraction of sp³-hybridized carbons (Fsp3) is 0.455. The summed E-state index contributed by atoms with van der Waals surface area (Å²) in [5.74, 6) is 1.76. The first kappa shape index (κ1) is 20.9. The molecule has 0 atom stereocenters. The van der Waals surface area contributed by atoms with Crippen molar-refractivity contribution in [1.29, 1.82) is 0 Å². The summed E-state index contributed by atoms with van der Waals surface area (Å²) < 4.78 is 24.8. The van der Waals surface area contributed by atoms with Crippen LogP contribution >= 0.6 is 11.6 Å². The second kappa shape index (κ2) is 10.6. The predicted octanol–water partition coefficient (Wildman–Crippen LogP) is 4.55. The number of piperidine rings is 1. The summed E-state index contributed by atoms with van der Waals surface area (Å²) in [5, 5.41) is 7.31. The van der Waals surface area contributed by atoms with Crippen molar-refractivity contribution in [1.82, 2.24) is 10.6 Å². The minimum Gasteiger partial charge on any atom is -0.490 e. The average Bonchev–Trinajstić information content (AvgIpc) is 2.69. The minimum atomic E-state index is -0.356. The van der Waals surface area contributed by atoms with E-state index in [2.05, 4.69) is 10.6 Å². The van der Waals surface area contributed by atoms with E-state index in [1.165, 1.54) is 25.0 Å². The van der Waals surface area contributed by atoms with E-state index in [9.17, 15) is 4.39 Å². The molecule has 2 N–H and O–H groups in total. The highest BCUT2D eigenvalue weighted by molar-refractivity contribution is 6.31. The van der Waals surface area contributed by atoms with Crippen molar-refractivity contribution in [3.8, 4) is 11.5 Å². The molecule has 2 aromatic rings. The maximum atomic E-state index is 13.2. The van der Waals surface area contributed by atoms with Gasteiger partial charge in [-0.3, -0.25) is 0 Å². The third kappa shape index (κ3) is 6.09. The Kier molecular flexibility index (Phi) is 7.95. The summed E-state index contributed by atoms with van der Waals surface area (Å²) >= 11 is 6.08. The number of hydrogen-bond donors (Lipinski definition) is 2. The SMILES string of the molecule is CCOc1cc(CNCC2CCNCC2)ccc1OCc1ccc(F)cc1Cl. The number of nitrogens with one attached hydrogen (secondary N) is 2. The molecule has 1 fully saturated rings. The molecule has 0 aromatic heterocycles. The van der Waals surface area contributed by atoms with Gasteiger partial charge in [-0.2, -0.15) is 0 Å². The zero-order valence-corrected chi connectivity index (χ0v) is 17.0. The summed E-state index contributed by atoms with van der Waals surface area (Å²) in [4.78, 5) is 0. The molecular weight excluding hydrogens is 379 g/mol. The third-order valence-corrected chi connectivity index (χ3v) is 5.28. The van der Waals surface area contributed by atoms with Crippen molar-refractivity contribution in [2.24, 2.45) is 5.92 Å². The van der Waals surface area contributed by atoms with Gasteiger partial charge in [-0.25, -0.2) is 4.39 Å². The van der Waals surface area contributed by atoms with Crippen molar-refractivity contribution in [3.63, 3.8) is 0 Å². The van der Waals surface area contributed by atoms with Gasteiger partial charge in [0.1, 0.15) is 12.4 Å². The van der Waals surface area contributed by atoms with E-state index in [1.54, 1.807) is 6.07 Å².